The SMILES string of the molecule is O=C(O)CCCCCCCNC(=O)COC1CCCCC1O. The van der Waals surface area contributed by atoms with Crippen LogP contribution < -0.4 is 5.32 Å². The van der Waals surface area contributed by atoms with Crippen LogP contribution in [0.1, 0.15) is 64.2 Å². The number of aliphatic carboxylic acids is 1. The molecule has 2 unspecified atom stereocenters. The van der Waals surface area contributed by atoms with E-state index < -0.39 is 12.1 Å². The van der Waals surface area contributed by atoms with Crippen LogP contribution in [-0.2, 0) is 14.3 Å². The Morgan fingerprint density at radius 1 is 1.05 bits per heavy atom. The van der Waals surface area contributed by atoms with Gasteiger partial charge in [0, 0.05) is 13.0 Å². The highest BCUT2D eigenvalue weighted by Crippen LogP contribution is 2.20. The van der Waals surface area contributed by atoms with Gasteiger partial charge in [-0.2, -0.15) is 0 Å². The van der Waals surface area contributed by atoms with Crippen molar-refractivity contribution in [2.45, 2.75) is 76.4 Å². The van der Waals surface area contributed by atoms with Gasteiger partial charge in [0.15, 0.2) is 0 Å². The molecule has 1 aliphatic carbocycles. The van der Waals surface area contributed by atoms with E-state index in [0.29, 0.717) is 6.54 Å². The maximum absolute atomic E-state index is 11.6. The van der Waals surface area contributed by atoms with Gasteiger partial charge in [0.25, 0.3) is 0 Å². The fourth-order valence-corrected chi connectivity index (χ4v) is 2.66. The summed E-state index contributed by atoms with van der Waals surface area (Å²) in [7, 11) is 0. The van der Waals surface area contributed by atoms with Crippen LogP contribution in [0.15, 0.2) is 0 Å². The lowest BCUT2D eigenvalue weighted by molar-refractivity contribution is -0.137. The predicted octanol–water partition coefficient (Wildman–Crippen LogP) is 1.85. The molecule has 22 heavy (non-hydrogen) atoms. The van der Waals surface area contributed by atoms with Crippen LogP contribution in [0.25, 0.3) is 0 Å². The van der Waals surface area contributed by atoms with Gasteiger partial charge in [0.1, 0.15) is 6.61 Å². The van der Waals surface area contributed by atoms with Crippen LogP contribution in [-0.4, -0.2) is 47.4 Å². The van der Waals surface area contributed by atoms with Gasteiger partial charge in [-0.05, 0) is 25.7 Å². The minimum Gasteiger partial charge on any atom is -0.481 e. The number of carboxylic acid groups (broad SMARTS) is 1. The third-order valence-electron chi connectivity index (χ3n) is 3.99. The fourth-order valence-electron chi connectivity index (χ4n) is 2.66. The Hall–Kier alpha value is -1.14. The molecule has 1 rings (SSSR count). The van der Waals surface area contributed by atoms with Crippen molar-refractivity contribution in [1.29, 1.82) is 0 Å². The minimum atomic E-state index is -0.740. The van der Waals surface area contributed by atoms with E-state index in [0.717, 1.165) is 57.8 Å². The van der Waals surface area contributed by atoms with Crippen molar-refractivity contribution >= 4 is 11.9 Å². The number of carbonyl (C=O) groups excluding carboxylic acids is 1. The largest absolute Gasteiger partial charge is 0.481 e. The van der Waals surface area contributed by atoms with E-state index in [1.165, 1.54) is 0 Å². The molecule has 3 N–H and O–H groups in total. The topological polar surface area (TPSA) is 95.9 Å². The molecule has 0 aromatic carbocycles. The monoisotopic (exact) mass is 315 g/mol. The predicted molar refractivity (Wildman–Crippen MR) is 82.6 cm³/mol. The molecule has 6 nitrogen and oxygen atoms in total. The molecular formula is C16H29NO5. The van der Waals surface area contributed by atoms with Gasteiger partial charge < -0.3 is 20.3 Å². The molecule has 0 radical (unpaired) electrons. The first kappa shape index (κ1) is 18.9. The van der Waals surface area contributed by atoms with Crippen molar-refractivity contribution in [2.24, 2.45) is 0 Å². The Kier molecular flexibility index (Phi) is 9.82. The second kappa shape index (κ2) is 11.4. The van der Waals surface area contributed by atoms with Gasteiger partial charge in [-0.25, -0.2) is 0 Å². The Bertz CT molecular complexity index is 334. The zero-order valence-corrected chi connectivity index (χ0v) is 13.3. The molecule has 2 atom stereocenters. The summed E-state index contributed by atoms with van der Waals surface area (Å²) in [4.78, 5) is 22.0. The number of aliphatic hydroxyl groups is 1. The minimum absolute atomic E-state index is 0.0142. The molecule has 0 bridgehead atoms. The number of hydrogen-bond donors (Lipinski definition) is 3. The van der Waals surface area contributed by atoms with Gasteiger partial charge in [-0.3, -0.25) is 9.59 Å². The highest BCUT2D eigenvalue weighted by Gasteiger charge is 2.24. The molecule has 0 aromatic heterocycles. The maximum atomic E-state index is 11.6. The number of nitrogens with one attached hydrogen (secondary N) is 1. The summed E-state index contributed by atoms with van der Waals surface area (Å²) in [6, 6.07) is 0. The number of rotatable bonds is 11. The second-order valence-corrected chi connectivity index (χ2v) is 5.96. The molecule has 1 fully saturated rings. The standard InChI is InChI=1S/C16H29NO5/c18-13-8-5-6-9-14(13)22-12-15(19)17-11-7-3-1-2-4-10-16(20)21/h13-14,18H,1-12H2,(H,17,19)(H,20,21). The first-order valence-corrected chi connectivity index (χ1v) is 8.37. The third-order valence-corrected chi connectivity index (χ3v) is 3.99. The molecule has 0 aliphatic heterocycles. The van der Waals surface area contributed by atoms with E-state index in [2.05, 4.69) is 5.32 Å². The fraction of sp³-hybridized carbons (Fsp3) is 0.875. The van der Waals surface area contributed by atoms with Crippen LogP contribution in [0, 0.1) is 0 Å². The van der Waals surface area contributed by atoms with Gasteiger partial charge in [0.2, 0.25) is 5.91 Å². The Labute approximate surface area is 132 Å². The average molecular weight is 315 g/mol. The van der Waals surface area contributed by atoms with Gasteiger partial charge in [0.05, 0.1) is 12.2 Å². The van der Waals surface area contributed by atoms with Crippen molar-refractivity contribution in [3.8, 4) is 0 Å². The normalized spacial score (nSPS) is 21.5. The van der Waals surface area contributed by atoms with E-state index >= 15 is 0 Å². The number of hydrogen-bond acceptors (Lipinski definition) is 4. The van der Waals surface area contributed by atoms with Crippen molar-refractivity contribution < 1.29 is 24.5 Å². The molecule has 128 valence electrons. The van der Waals surface area contributed by atoms with Crippen molar-refractivity contribution in [1.82, 2.24) is 5.32 Å². The van der Waals surface area contributed by atoms with E-state index in [4.69, 9.17) is 9.84 Å². The highest BCUT2D eigenvalue weighted by atomic mass is 16.5. The van der Waals surface area contributed by atoms with Crippen LogP contribution in [0.2, 0.25) is 0 Å². The highest BCUT2D eigenvalue weighted by molar-refractivity contribution is 5.77. The smallest absolute Gasteiger partial charge is 0.303 e. The number of aliphatic hydroxyl groups excluding tert-OH is 1. The van der Waals surface area contributed by atoms with Crippen LogP contribution >= 0.6 is 0 Å². The molecular weight excluding hydrogens is 286 g/mol. The van der Waals surface area contributed by atoms with E-state index in [-0.39, 0.29) is 25.0 Å². The molecule has 1 amide bonds. The van der Waals surface area contributed by atoms with Gasteiger partial charge >= 0.3 is 5.97 Å². The number of ether oxygens (including phenoxy) is 1. The van der Waals surface area contributed by atoms with E-state index in [1.807, 2.05) is 0 Å². The second-order valence-electron chi connectivity index (χ2n) is 5.96. The zero-order valence-electron chi connectivity index (χ0n) is 13.3. The Balaban J connectivity index is 1.92. The van der Waals surface area contributed by atoms with E-state index in [1.54, 1.807) is 0 Å². The summed E-state index contributed by atoms with van der Waals surface area (Å²) < 4.78 is 5.47. The molecule has 0 heterocycles. The summed E-state index contributed by atoms with van der Waals surface area (Å²) in [5, 5.41) is 21.0. The molecule has 1 saturated carbocycles. The molecule has 0 aromatic rings. The average Bonchev–Trinajstić information content (AvgIpc) is 2.49. The zero-order chi connectivity index (χ0) is 16.2. The van der Waals surface area contributed by atoms with Gasteiger partial charge in [-0.15, -0.1) is 0 Å². The molecule has 0 saturated heterocycles. The summed E-state index contributed by atoms with van der Waals surface area (Å²) >= 11 is 0. The number of unbranched alkanes of at least 4 members (excludes halogenated alkanes) is 4. The quantitative estimate of drug-likeness (QED) is 0.506. The lowest BCUT2D eigenvalue weighted by atomic mass is 9.95. The summed E-state index contributed by atoms with van der Waals surface area (Å²) in [6.45, 7) is 0.634. The van der Waals surface area contributed by atoms with Crippen LogP contribution in [0.3, 0.4) is 0 Å². The summed E-state index contributed by atoms with van der Waals surface area (Å²) in [5.41, 5.74) is 0. The first-order chi connectivity index (χ1) is 10.6. The number of amides is 1. The van der Waals surface area contributed by atoms with Crippen LogP contribution in [0.5, 0.6) is 0 Å². The number of carboxylic acids is 1. The third kappa shape index (κ3) is 9.00. The van der Waals surface area contributed by atoms with Crippen molar-refractivity contribution in [3.63, 3.8) is 0 Å². The van der Waals surface area contributed by atoms with Crippen molar-refractivity contribution in [2.75, 3.05) is 13.2 Å². The van der Waals surface area contributed by atoms with E-state index in [9.17, 15) is 14.7 Å². The summed E-state index contributed by atoms with van der Waals surface area (Å²) in [6.07, 6.45) is 7.77. The number of carbonyl (C=O) groups is 2. The molecule has 6 heteroatoms. The van der Waals surface area contributed by atoms with Crippen LogP contribution in [0.4, 0.5) is 0 Å². The molecule has 0 spiro atoms. The summed E-state index contributed by atoms with van der Waals surface area (Å²) in [5.74, 6) is -0.876. The Morgan fingerprint density at radius 2 is 1.73 bits per heavy atom. The van der Waals surface area contributed by atoms with Crippen molar-refractivity contribution in [3.05, 3.63) is 0 Å². The first-order valence-electron chi connectivity index (χ1n) is 8.37. The Morgan fingerprint density at radius 3 is 2.45 bits per heavy atom. The molecule has 1 aliphatic rings. The maximum Gasteiger partial charge on any atom is 0.303 e. The lowest BCUT2D eigenvalue weighted by Crippen LogP contribution is -2.36. The van der Waals surface area contributed by atoms with Gasteiger partial charge in [-0.1, -0.05) is 32.1 Å². The lowest BCUT2D eigenvalue weighted by Gasteiger charge is -2.27.